The minimum absolute atomic E-state index is 0.0314. The minimum Gasteiger partial charge on any atom is -0.549 e. The Labute approximate surface area is 191 Å². The molecule has 0 aliphatic rings. The zero-order valence-corrected chi connectivity index (χ0v) is 18.5. The molecule has 0 aliphatic heterocycles. The Morgan fingerprint density at radius 2 is 1.77 bits per heavy atom. The summed E-state index contributed by atoms with van der Waals surface area (Å²) in [5.41, 5.74) is 4.59. The van der Waals surface area contributed by atoms with Crippen LogP contribution in [0.25, 0.3) is 6.08 Å². The fourth-order valence-electron chi connectivity index (χ4n) is 3.05. The molecular formula is C25H21ClNO3S-. The molecule has 4 nitrogen and oxygen atoms in total. The van der Waals surface area contributed by atoms with Crippen molar-refractivity contribution in [1.82, 2.24) is 0 Å². The van der Waals surface area contributed by atoms with Gasteiger partial charge in [0.05, 0.1) is 11.0 Å². The van der Waals surface area contributed by atoms with Gasteiger partial charge in [-0.05, 0) is 42.3 Å². The van der Waals surface area contributed by atoms with E-state index < -0.39 is 5.97 Å². The molecular weight excluding hydrogens is 430 g/mol. The average Bonchev–Trinajstić information content (AvgIpc) is 2.74. The van der Waals surface area contributed by atoms with Gasteiger partial charge < -0.3 is 15.2 Å². The number of anilines is 2. The number of carbonyl (C=O) groups is 2. The smallest absolute Gasteiger partial charge is 0.194 e. The van der Waals surface area contributed by atoms with Crippen LogP contribution in [0.4, 0.5) is 11.4 Å². The number of carbonyl (C=O) groups excluding carboxylic acids is 2. The van der Waals surface area contributed by atoms with Gasteiger partial charge in [0.2, 0.25) is 0 Å². The first kappa shape index (κ1) is 22.7. The highest BCUT2D eigenvalue weighted by atomic mass is 35.5. The van der Waals surface area contributed by atoms with Crippen LogP contribution in [0, 0.1) is 6.92 Å². The summed E-state index contributed by atoms with van der Waals surface area (Å²) < 4.78 is 0. The maximum atomic E-state index is 12.9. The first-order valence-electron chi connectivity index (χ1n) is 9.66. The number of carboxylic acid groups (broad SMARTS) is 1. The highest BCUT2D eigenvalue weighted by Gasteiger charge is 2.15. The van der Waals surface area contributed by atoms with E-state index >= 15 is 0 Å². The maximum Gasteiger partial charge on any atom is 0.194 e. The molecule has 158 valence electrons. The topological polar surface area (TPSA) is 69.2 Å². The largest absolute Gasteiger partial charge is 0.549 e. The summed E-state index contributed by atoms with van der Waals surface area (Å²) in [5, 5.41) is 14.2. The Bertz CT molecular complexity index is 1130. The number of hydrogen-bond acceptors (Lipinski definition) is 5. The number of carboxylic acids is 1. The molecule has 6 heteroatoms. The van der Waals surface area contributed by atoms with E-state index in [9.17, 15) is 14.7 Å². The predicted molar refractivity (Wildman–Crippen MR) is 127 cm³/mol. The zero-order valence-electron chi connectivity index (χ0n) is 16.9. The van der Waals surface area contributed by atoms with Crippen molar-refractivity contribution in [2.24, 2.45) is 0 Å². The lowest BCUT2D eigenvalue weighted by Crippen LogP contribution is -2.24. The van der Waals surface area contributed by atoms with Crippen LogP contribution in [0.1, 0.15) is 27.0 Å². The van der Waals surface area contributed by atoms with E-state index in [1.165, 1.54) is 11.8 Å². The van der Waals surface area contributed by atoms with Gasteiger partial charge in [-0.3, -0.25) is 4.79 Å². The molecule has 0 spiro atoms. The number of benzene rings is 3. The third kappa shape index (κ3) is 6.23. The Morgan fingerprint density at radius 1 is 1.03 bits per heavy atom. The minimum atomic E-state index is -1.07. The van der Waals surface area contributed by atoms with Crippen LogP contribution in [-0.2, 0) is 4.79 Å². The van der Waals surface area contributed by atoms with Crippen molar-refractivity contribution in [2.45, 2.75) is 6.92 Å². The highest BCUT2D eigenvalue weighted by molar-refractivity contribution is 8.00. The molecule has 0 unspecified atom stereocenters. The second-order valence-electron chi connectivity index (χ2n) is 6.84. The van der Waals surface area contributed by atoms with Crippen LogP contribution in [0.3, 0.4) is 0 Å². The van der Waals surface area contributed by atoms with E-state index in [0.29, 0.717) is 21.9 Å². The second-order valence-corrected chi connectivity index (χ2v) is 8.28. The average molecular weight is 451 g/mol. The van der Waals surface area contributed by atoms with Gasteiger partial charge in [0.15, 0.2) is 5.78 Å². The molecule has 0 saturated carbocycles. The Morgan fingerprint density at radius 3 is 2.52 bits per heavy atom. The van der Waals surface area contributed by atoms with Gasteiger partial charge >= 0.3 is 0 Å². The summed E-state index contributed by atoms with van der Waals surface area (Å²) in [5.74, 6) is -0.631. The second kappa shape index (κ2) is 10.8. The van der Waals surface area contributed by atoms with E-state index in [1.54, 1.807) is 18.2 Å². The zero-order chi connectivity index (χ0) is 22.2. The number of aryl methyl sites for hydroxylation is 1. The predicted octanol–water partition coefficient (Wildman–Crippen LogP) is 5.12. The van der Waals surface area contributed by atoms with Crippen LogP contribution in [0.2, 0.25) is 5.02 Å². The molecule has 3 aromatic rings. The van der Waals surface area contributed by atoms with Crippen LogP contribution in [-0.4, -0.2) is 23.3 Å². The molecule has 0 saturated heterocycles. The van der Waals surface area contributed by atoms with E-state index in [1.807, 2.05) is 67.6 Å². The van der Waals surface area contributed by atoms with Crippen LogP contribution >= 0.6 is 23.4 Å². The number of rotatable bonds is 9. The molecule has 0 fully saturated rings. The lowest BCUT2D eigenvalue weighted by atomic mass is 9.99. The van der Waals surface area contributed by atoms with Gasteiger partial charge in [-0.25, -0.2) is 0 Å². The SMILES string of the molecule is Cc1ccccc1C(=O)c1ccc(Nc2ccccc2/C=C/CSCC(=O)[O-])cc1Cl. The monoisotopic (exact) mass is 450 g/mol. The number of aliphatic carboxylic acids is 1. The van der Waals surface area contributed by atoms with E-state index in [-0.39, 0.29) is 11.5 Å². The molecule has 3 aromatic carbocycles. The van der Waals surface area contributed by atoms with Gasteiger partial charge in [0.25, 0.3) is 0 Å². The lowest BCUT2D eigenvalue weighted by molar-refractivity contribution is -0.301. The molecule has 0 aliphatic carbocycles. The highest BCUT2D eigenvalue weighted by Crippen LogP contribution is 2.28. The van der Waals surface area contributed by atoms with Crippen LogP contribution in [0.5, 0.6) is 0 Å². The summed E-state index contributed by atoms with van der Waals surface area (Å²) in [7, 11) is 0. The first-order chi connectivity index (χ1) is 15.0. The van der Waals surface area contributed by atoms with Crippen molar-refractivity contribution in [3.05, 3.63) is 100 Å². The Balaban J connectivity index is 1.75. The number of nitrogens with one attached hydrogen (secondary N) is 1. The van der Waals surface area contributed by atoms with Gasteiger partial charge in [0, 0.05) is 34.0 Å². The van der Waals surface area contributed by atoms with E-state index in [2.05, 4.69) is 5.32 Å². The number of ketones is 1. The van der Waals surface area contributed by atoms with E-state index in [4.69, 9.17) is 11.6 Å². The number of halogens is 1. The third-order valence-corrected chi connectivity index (χ3v) is 5.76. The van der Waals surface area contributed by atoms with Gasteiger partial charge in [0.1, 0.15) is 0 Å². The van der Waals surface area contributed by atoms with Crippen molar-refractivity contribution in [2.75, 3.05) is 16.8 Å². The molecule has 0 atom stereocenters. The first-order valence-corrected chi connectivity index (χ1v) is 11.2. The number of para-hydroxylation sites is 1. The summed E-state index contributed by atoms with van der Waals surface area (Å²) in [6.07, 6.45) is 3.84. The summed E-state index contributed by atoms with van der Waals surface area (Å²) in [4.78, 5) is 23.4. The quantitative estimate of drug-likeness (QED) is 0.362. The molecule has 1 N–H and O–H groups in total. The van der Waals surface area contributed by atoms with Crippen molar-refractivity contribution in [3.8, 4) is 0 Å². The van der Waals surface area contributed by atoms with Crippen molar-refractivity contribution < 1.29 is 14.7 Å². The van der Waals surface area contributed by atoms with Gasteiger partial charge in [-0.15, -0.1) is 0 Å². The molecule has 0 radical (unpaired) electrons. The van der Waals surface area contributed by atoms with Crippen molar-refractivity contribution >= 4 is 52.6 Å². The normalized spacial score (nSPS) is 10.9. The van der Waals surface area contributed by atoms with Gasteiger partial charge in [-0.1, -0.05) is 66.2 Å². The van der Waals surface area contributed by atoms with Crippen molar-refractivity contribution in [1.29, 1.82) is 0 Å². The standard InChI is InChI=1S/C25H22ClNO3S/c1-17-7-2-4-10-20(17)25(30)21-13-12-19(15-22(21)26)27-23-11-5-3-8-18(23)9-6-14-31-16-24(28)29/h2-13,15,27H,14,16H2,1H3,(H,28,29)/p-1/b9-6+. The Hall–Kier alpha value is -3.02. The molecule has 3 rings (SSSR count). The van der Waals surface area contributed by atoms with Crippen LogP contribution in [0.15, 0.2) is 72.8 Å². The summed E-state index contributed by atoms with van der Waals surface area (Å²) in [6, 6.07) is 20.5. The van der Waals surface area contributed by atoms with Crippen molar-refractivity contribution in [3.63, 3.8) is 0 Å². The number of hydrogen-bond donors (Lipinski definition) is 1. The fourth-order valence-corrected chi connectivity index (χ4v) is 3.83. The van der Waals surface area contributed by atoms with Gasteiger partial charge in [-0.2, -0.15) is 11.8 Å². The van der Waals surface area contributed by atoms with Crippen LogP contribution < -0.4 is 10.4 Å². The maximum absolute atomic E-state index is 12.9. The third-order valence-electron chi connectivity index (χ3n) is 4.57. The summed E-state index contributed by atoms with van der Waals surface area (Å²) >= 11 is 7.72. The van der Waals surface area contributed by atoms with E-state index in [0.717, 1.165) is 22.5 Å². The number of thioether (sulfide) groups is 1. The lowest BCUT2D eigenvalue weighted by Gasteiger charge is -2.12. The molecule has 0 bridgehead atoms. The Kier molecular flexibility index (Phi) is 7.93. The molecule has 0 heterocycles. The molecule has 31 heavy (non-hydrogen) atoms. The molecule has 0 amide bonds. The molecule has 0 aromatic heterocycles. The fraction of sp³-hybridized carbons (Fsp3) is 0.120. The summed E-state index contributed by atoms with van der Waals surface area (Å²) in [6.45, 7) is 1.90.